The van der Waals surface area contributed by atoms with Crippen LogP contribution in [-0.2, 0) is 0 Å². The molecule has 0 aliphatic carbocycles. The zero-order chi connectivity index (χ0) is 14.4. The average molecular weight is 273 g/mol. The lowest BCUT2D eigenvalue weighted by Gasteiger charge is -2.19. The van der Waals surface area contributed by atoms with Crippen LogP contribution in [0, 0.1) is 5.82 Å². The van der Waals surface area contributed by atoms with Crippen LogP contribution in [0.15, 0.2) is 48.5 Å². The summed E-state index contributed by atoms with van der Waals surface area (Å²) in [5.74, 6) is 0.664. The van der Waals surface area contributed by atoms with E-state index >= 15 is 0 Å². The molecule has 2 aromatic rings. The zero-order valence-corrected chi connectivity index (χ0v) is 11.9. The van der Waals surface area contributed by atoms with Gasteiger partial charge in [0.15, 0.2) is 0 Å². The molecule has 20 heavy (non-hydrogen) atoms. The lowest BCUT2D eigenvalue weighted by atomic mass is 10.0. The summed E-state index contributed by atoms with van der Waals surface area (Å²) >= 11 is 0. The smallest absolute Gasteiger partial charge is 0.123 e. The van der Waals surface area contributed by atoms with Crippen LogP contribution in [0.4, 0.5) is 10.1 Å². The highest BCUT2D eigenvalue weighted by Crippen LogP contribution is 2.24. The summed E-state index contributed by atoms with van der Waals surface area (Å²) in [6.07, 6.45) is 0.929. The maximum absolute atomic E-state index is 13.0. The van der Waals surface area contributed by atoms with Gasteiger partial charge in [0.1, 0.15) is 11.6 Å². The van der Waals surface area contributed by atoms with Gasteiger partial charge in [0.2, 0.25) is 0 Å². The maximum Gasteiger partial charge on any atom is 0.123 e. The topological polar surface area (TPSA) is 21.3 Å². The van der Waals surface area contributed by atoms with Crippen molar-refractivity contribution in [3.8, 4) is 5.75 Å². The molecule has 0 bridgehead atoms. The second kappa shape index (κ2) is 6.94. The number of halogens is 1. The van der Waals surface area contributed by atoms with Gasteiger partial charge in [-0.05, 0) is 55.3 Å². The molecule has 0 spiro atoms. The lowest BCUT2D eigenvalue weighted by molar-refractivity contribution is 0.340. The van der Waals surface area contributed by atoms with E-state index in [0.29, 0.717) is 6.61 Å². The predicted molar refractivity (Wildman–Crippen MR) is 80.7 cm³/mol. The highest BCUT2D eigenvalue weighted by Gasteiger charge is 2.09. The first-order valence-corrected chi connectivity index (χ1v) is 6.97. The molecular formula is C17H20FNO. The van der Waals surface area contributed by atoms with E-state index in [1.54, 1.807) is 0 Å². The molecular weight excluding hydrogens is 253 g/mol. The van der Waals surface area contributed by atoms with Gasteiger partial charge in [-0.2, -0.15) is 0 Å². The van der Waals surface area contributed by atoms with Crippen LogP contribution in [0.5, 0.6) is 5.75 Å². The molecule has 0 amide bonds. The Hall–Kier alpha value is -2.03. The Balaban J connectivity index is 2.07. The molecule has 0 radical (unpaired) electrons. The van der Waals surface area contributed by atoms with Gasteiger partial charge < -0.3 is 10.1 Å². The van der Waals surface area contributed by atoms with E-state index in [4.69, 9.17) is 4.74 Å². The second-order valence-corrected chi connectivity index (χ2v) is 4.61. The van der Waals surface area contributed by atoms with Gasteiger partial charge in [0.05, 0.1) is 12.6 Å². The van der Waals surface area contributed by atoms with Gasteiger partial charge in [0, 0.05) is 5.69 Å². The summed E-state index contributed by atoms with van der Waals surface area (Å²) in [4.78, 5) is 0. The van der Waals surface area contributed by atoms with E-state index in [0.717, 1.165) is 23.4 Å². The molecule has 1 unspecified atom stereocenters. The van der Waals surface area contributed by atoms with Crippen molar-refractivity contribution in [1.29, 1.82) is 0 Å². The fourth-order valence-corrected chi connectivity index (χ4v) is 2.13. The second-order valence-electron chi connectivity index (χ2n) is 4.61. The van der Waals surface area contributed by atoms with Crippen molar-refractivity contribution in [2.45, 2.75) is 26.3 Å². The van der Waals surface area contributed by atoms with Gasteiger partial charge in [0.25, 0.3) is 0 Å². The monoisotopic (exact) mass is 273 g/mol. The van der Waals surface area contributed by atoms with Gasteiger partial charge in [-0.15, -0.1) is 0 Å². The van der Waals surface area contributed by atoms with Gasteiger partial charge in [-0.1, -0.05) is 19.1 Å². The number of rotatable bonds is 6. The third kappa shape index (κ3) is 3.73. The molecule has 0 saturated carbocycles. The predicted octanol–water partition coefficient (Wildman–Crippen LogP) is 4.79. The van der Waals surface area contributed by atoms with Crippen LogP contribution >= 0.6 is 0 Å². The number of hydrogen-bond acceptors (Lipinski definition) is 2. The minimum atomic E-state index is -0.204. The maximum atomic E-state index is 13.0. The van der Waals surface area contributed by atoms with Crippen LogP contribution in [0.25, 0.3) is 0 Å². The van der Waals surface area contributed by atoms with Crippen molar-refractivity contribution in [2.24, 2.45) is 0 Å². The molecule has 0 aliphatic heterocycles. The van der Waals surface area contributed by atoms with E-state index in [-0.39, 0.29) is 11.9 Å². The number of ether oxygens (including phenoxy) is 1. The molecule has 2 rings (SSSR count). The van der Waals surface area contributed by atoms with Crippen LogP contribution in [0.1, 0.15) is 31.9 Å². The number of nitrogens with one attached hydrogen (secondary N) is 1. The number of hydrogen-bond donors (Lipinski definition) is 1. The van der Waals surface area contributed by atoms with E-state index in [1.165, 1.54) is 12.1 Å². The van der Waals surface area contributed by atoms with Crippen molar-refractivity contribution in [3.63, 3.8) is 0 Å². The van der Waals surface area contributed by atoms with Crippen LogP contribution in [0.3, 0.4) is 0 Å². The summed E-state index contributed by atoms with van der Waals surface area (Å²) in [6, 6.07) is 14.7. The Kier molecular flexibility index (Phi) is 4.99. The van der Waals surface area contributed by atoms with Crippen LogP contribution in [-0.4, -0.2) is 6.61 Å². The first-order chi connectivity index (χ1) is 9.72. The Bertz CT molecular complexity index is 522. The average Bonchev–Trinajstić information content (AvgIpc) is 2.48. The molecule has 2 aromatic carbocycles. The molecule has 0 heterocycles. The number of anilines is 1. The summed E-state index contributed by atoms with van der Waals surface area (Å²) < 4.78 is 18.4. The molecule has 0 aromatic heterocycles. The van der Waals surface area contributed by atoms with E-state index < -0.39 is 0 Å². The fourth-order valence-electron chi connectivity index (χ4n) is 2.13. The van der Waals surface area contributed by atoms with Crippen molar-refractivity contribution in [2.75, 3.05) is 11.9 Å². The molecule has 3 heteroatoms. The summed E-state index contributed by atoms with van der Waals surface area (Å²) in [7, 11) is 0. The fraction of sp³-hybridized carbons (Fsp3) is 0.294. The molecule has 0 fully saturated rings. The SMILES string of the molecule is CCOc1ccc(NC(CC)c2ccc(F)cc2)cc1. The van der Waals surface area contributed by atoms with Crippen molar-refractivity contribution >= 4 is 5.69 Å². The van der Waals surface area contributed by atoms with E-state index in [9.17, 15) is 4.39 Å². The molecule has 0 aliphatic rings. The van der Waals surface area contributed by atoms with Crippen molar-refractivity contribution in [1.82, 2.24) is 0 Å². The Morgan fingerprint density at radius 3 is 2.20 bits per heavy atom. The van der Waals surface area contributed by atoms with Gasteiger partial charge >= 0.3 is 0 Å². The quantitative estimate of drug-likeness (QED) is 0.817. The normalized spacial score (nSPS) is 11.9. The highest BCUT2D eigenvalue weighted by atomic mass is 19.1. The summed E-state index contributed by atoms with van der Waals surface area (Å²) in [5, 5.41) is 3.46. The first kappa shape index (κ1) is 14.4. The van der Waals surface area contributed by atoms with Crippen LogP contribution < -0.4 is 10.1 Å². The van der Waals surface area contributed by atoms with Gasteiger partial charge in [-0.25, -0.2) is 4.39 Å². The minimum Gasteiger partial charge on any atom is -0.494 e. The Morgan fingerprint density at radius 1 is 1.00 bits per heavy atom. The molecule has 2 nitrogen and oxygen atoms in total. The first-order valence-electron chi connectivity index (χ1n) is 6.97. The largest absolute Gasteiger partial charge is 0.494 e. The van der Waals surface area contributed by atoms with E-state index in [1.807, 2.05) is 43.3 Å². The molecule has 0 saturated heterocycles. The standard InChI is InChI=1S/C17H20FNO/c1-3-17(13-5-7-14(18)8-6-13)19-15-9-11-16(12-10-15)20-4-2/h5-12,17,19H,3-4H2,1-2H3. The summed E-state index contributed by atoms with van der Waals surface area (Å²) in [6.45, 7) is 4.74. The minimum absolute atomic E-state index is 0.175. The third-order valence-electron chi connectivity index (χ3n) is 3.19. The highest BCUT2D eigenvalue weighted by molar-refractivity contribution is 5.48. The third-order valence-corrected chi connectivity index (χ3v) is 3.19. The summed E-state index contributed by atoms with van der Waals surface area (Å²) in [5.41, 5.74) is 2.12. The molecule has 106 valence electrons. The zero-order valence-electron chi connectivity index (χ0n) is 11.9. The lowest BCUT2D eigenvalue weighted by Crippen LogP contribution is -2.09. The van der Waals surface area contributed by atoms with Crippen molar-refractivity contribution < 1.29 is 9.13 Å². The van der Waals surface area contributed by atoms with Crippen molar-refractivity contribution in [3.05, 3.63) is 59.9 Å². The Labute approximate surface area is 119 Å². The van der Waals surface area contributed by atoms with E-state index in [2.05, 4.69) is 12.2 Å². The molecule has 1 N–H and O–H groups in total. The Morgan fingerprint density at radius 2 is 1.65 bits per heavy atom. The molecule has 1 atom stereocenters. The van der Waals surface area contributed by atoms with Crippen LogP contribution in [0.2, 0.25) is 0 Å². The van der Waals surface area contributed by atoms with Gasteiger partial charge in [-0.3, -0.25) is 0 Å². The number of benzene rings is 2.